The van der Waals surface area contributed by atoms with Crippen LogP contribution in [0, 0.1) is 0 Å². The first-order chi connectivity index (χ1) is 32.3. The van der Waals surface area contributed by atoms with Gasteiger partial charge in [-0.2, -0.15) is 8.42 Å². The summed E-state index contributed by atoms with van der Waals surface area (Å²) in [5, 5.41) is 156. The highest BCUT2D eigenvalue weighted by molar-refractivity contribution is 7.80. The summed E-state index contributed by atoms with van der Waals surface area (Å²) in [5.74, 6) is -2.47. The van der Waals surface area contributed by atoms with Crippen LogP contribution in [0.4, 0.5) is 0 Å². The number of hydrogen-bond acceptors (Lipinski definition) is 28. The molecule has 4 aliphatic rings. The second-order valence-electron chi connectivity index (χ2n) is 16.5. The molecule has 4 fully saturated rings. The third kappa shape index (κ3) is 14.8. The fraction of sp³-hybridized carbons (Fsp3) is 0.917. The van der Waals surface area contributed by atoms with Gasteiger partial charge >= 0.3 is 10.4 Å². The van der Waals surface area contributed by atoms with E-state index in [9.17, 15) is 94.3 Å². The normalized spacial score (nSPS) is 40.5. The lowest BCUT2D eigenvalue weighted by Crippen LogP contribution is -2.70. The average molecular weight is 1030 g/mol. The summed E-state index contributed by atoms with van der Waals surface area (Å²) in [4.78, 5) is 36.8. The van der Waals surface area contributed by atoms with Crippen LogP contribution in [-0.4, -0.2) is 289 Å². The van der Waals surface area contributed by atoms with Gasteiger partial charge < -0.3 is 125 Å². The zero-order chi connectivity index (χ0) is 51.8. The number of aliphatic hydroxyl groups excluding tert-OH is 14. The molecular weight excluding hydrogens is 970 g/mol. The molecule has 0 aromatic heterocycles. The first-order valence-corrected chi connectivity index (χ1v) is 22.5. The molecular formula is C36H63N3O29S. The van der Waals surface area contributed by atoms with Gasteiger partial charge in [0.1, 0.15) is 116 Å². The Balaban J connectivity index is 1.61. The molecule has 0 saturated carbocycles. The topological polar surface area (TPSA) is 508 Å². The summed E-state index contributed by atoms with van der Waals surface area (Å²) in [5.41, 5.74) is 0. The summed E-state index contributed by atoms with van der Waals surface area (Å²) in [7, 11) is -5.10. The molecule has 3 amide bonds. The molecule has 32 nitrogen and oxygen atoms in total. The fourth-order valence-electron chi connectivity index (χ4n) is 7.98. The van der Waals surface area contributed by atoms with Crippen LogP contribution in [0.1, 0.15) is 20.8 Å². The number of aliphatic hydroxyl groups is 14. The SMILES string of the molecule is CC(=O)N[C@H]1[C@H](O[C@H]2[C@@H](O)[C@@H](CO)O[C@@H](O[C@H]3[C@H](O)[C@@H](NC(C)=O)[C@H](O[C@@H]([C@@H](O)[C@H](O)CO)[C@H](CO)NC(C)=O)O[C@@H]3CO)[C@@H]2O)O[C@H](CO)[C@@H](O[C@@H]2O[C@H](COS(=O)(=O)O)[C@H](O)[C@H](O)[C@H]2O)[C@@H]1O. The van der Waals surface area contributed by atoms with Crippen molar-refractivity contribution in [2.24, 2.45) is 0 Å². The van der Waals surface area contributed by atoms with Crippen LogP contribution in [0.25, 0.3) is 0 Å². The van der Waals surface area contributed by atoms with Crippen LogP contribution >= 0.6 is 0 Å². The molecule has 33 heteroatoms. The maximum atomic E-state index is 12.4. The zero-order valence-corrected chi connectivity index (χ0v) is 37.7. The van der Waals surface area contributed by atoms with Crippen LogP contribution in [-0.2, 0) is 66.9 Å². The highest BCUT2D eigenvalue weighted by Crippen LogP contribution is 2.35. The van der Waals surface area contributed by atoms with E-state index in [0.717, 1.165) is 20.8 Å². The van der Waals surface area contributed by atoms with Crippen molar-refractivity contribution in [3.05, 3.63) is 0 Å². The van der Waals surface area contributed by atoms with Gasteiger partial charge in [0, 0.05) is 20.8 Å². The Bertz CT molecular complexity index is 1760. The van der Waals surface area contributed by atoms with Crippen molar-refractivity contribution in [3.63, 3.8) is 0 Å². The largest absolute Gasteiger partial charge is 0.397 e. The summed E-state index contributed by atoms with van der Waals surface area (Å²) >= 11 is 0. The standard InChI is InChI=1S/C36H63N3O29S/c1-10(45)37-13(4-40)29(21(49)14(48)5-41)65-33-19(38-11(2)46)24(52)31(17(8-44)62-33)67-36-28(56)32(23(51)15(6-42)61-36)68-34-20(39-12(3)47)25(53)30(16(7-43)63-34)66-35-27(55)26(54)22(50)18(64-35)9-60-69(57,58)59/h13-36,40-44,48-56H,4-9H2,1-3H3,(H,37,45)(H,38,46)(H,39,47)(H,57,58,59)/t13-,14+,15+,16+,17+,18+,19+,20+,21-,22-,23-,24+,25+,26-,27+,28+,29+,30+,31+,32-,33-,34-,35-,36-/m0/s1. The van der Waals surface area contributed by atoms with Crippen molar-refractivity contribution in [2.75, 3.05) is 39.6 Å². The maximum absolute atomic E-state index is 12.4. The van der Waals surface area contributed by atoms with Crippen LogP contribution in [0.5, 0.6) is 0 Å². The number of carbonyl (C=O) groups is 3. The van der Waals surface area contributed by atoms with E-state index in [2.05, 4.69) is 20.1 Å². The van der Waals surface area contributed by atoms with Crippen molar-refractivity contribution >= 4 is 28.1 Å². The van der Waals surface area contributed by atoms with Crippen molar-refractivity contribution in [2.45, 2.75) is 168 Å². The molecule has 18 N–H and O–H groups in total. The van der Waals surface area contributed by atoms with Crippen molar-refractivity contribution in [3.8, 4) is 0 Å². The monoisotopic (exact) mass is 1030 g/mol. The Morgan fingerprint density at radius 3 is 1.48 bits per heavy atom. The first kappa shape index (κ1) is 59.0. The van der Waals surface area contributed by atoms with E-state index in [0.29, 0.717) is 0 Å². The molecule has 0 radical (unpaired) electrons. The van der Waals surface area contributed by atoms with Gasteiger partial charge in [-0.1, -0.05) is 0 Å². The predicted molar refractivity (Wildman–Crippen MR) is 214 cm³/mol. The van der Waals surface area contributed by atoms with Gasteiger partial charge in [-0.25, -0.2) is 4.18 Å². The Kier molecular flexibility index (Phi) is 22.1. The van der Waals surface area contributed by atoms with Crippen molar-refractivity contribution < 1.29 is 141 Å². The van der Waals surface area contributed by atoms with Gasteiger partial charge in [-0.15, -0.1) is 0 Å². The number of nitrogens with one attached hydrogen (secondary N) is 3. The lowest BCUT2D eigenvalue weighted by molar-refractivity contribution is -0.379. The molecule has 0 aromatic carbocycles. The maximum Gasteiger partial charge on any atom is 0.397 e. The minimum atomic E-state index is -5.10. The quantitative estimate of drug-likeness (QED) is 0.0448. The van der Waals surface area contributed by atoms with Crippen molar-refractivity contribution in [1.82, 2.24) is 16.0 Å². The highest BCUT2D eigenvalue weighted by atomic mass is 32.3. The molecule has 69 heavy (non-hydrogen) atoms. The molecule has 0 aliphatic carbocycles. The number of amides is 3. The van der Waals surface area contributed by atoms with Crippen LogP contribution in [0.15, 0.2) is 0 Å². The Hall–Kier alpha value is -2.60. The molecule has 4 aliphatic heterocycles. The second-order valence-corrected chi connectivity index (χ2v) is 17.5. The van der Waals surface area contributed by atoms with Crippen LogP contribution in [0.2, 0.25) is 0 Å². The number of carbonyl (C=O) groups excluding carboxylic acids is 3. The summed E-state index contributed by atoms with van der Waals surface area (Å²) in [6.45, 7) is -3.25. The Labute approximate surface area is 392 Å². The van der Waals surface area contributed by atoms with Gasteiger partial charge in [0.2, 0.25) is 17.7 Å². The van der Waals surface area contributed by atoms with E-state index >= 15 is 0 Å². The number of hydrogen-bond donors (Lipinski definition) is 18. The Morgan fingerprint density at radius 2 is 1.01 bits per heavy atom. The molecule has 402 valence electrons. The van der Waals surface area contributed by atoms with E-state index < -0.39 is 215 Å². The zero-order valence-electron chi connectivity index (χ0n) is 36.9. The highest BCUT2D eigenvalue weighted by Gasteiger charge is 2.56. The molecule has 4 heterocycles. The van der Waals surface area contributed by atoms with Gasteiger partial charge in [0.25, 0.3) is 0 Å². The first-order valence-electron chi connectivity index (χ1n) is 21.2. The predicted octanol–water partition coefficient (Wildman–Crippen LogP) is -12.0. The van der Waals surface area contributed by atoms with E-state index in [-0.39, 0.29) is 0 Å². The summed E-state index contributed by atoms with van der Waals surface area (Å²) in [6.07, 6.45) is -41.5. The van der Waals surface area contributed by atoms with E-state index in [1.165, 1.54) is 0 Å². The third-order valence-corrected chi connectivity index (χ3v) is 11.8. The average Bonchev–Trinajstić information content (AvgIpc) is 3.28. The van der Waals surface area contributed by atoms with Gasteiger partial charge in [0.15, 0.2) is 25.2 Å². The van der Waals surface area contributed by atoms with Gasteiger partial charge in [-0.3, -0.25) is 18.9 Å². The van der Waals surface area contributed by atoms with Gasteiger partial charge in [0.05, 0.1) is 45.7 Å². The van der Waals surface area contributed by atoms with E-state index in [1.54, 1.807) is 0 Å². The summed E-state index contributed by atoms with van der Waals surface area (Å²) < 4.78 is 81.2. The fourth-order valence-corrected chi connectivity index (χ4v) is 8.28. The van der Waals surface area contributed by atoms with Gasteiger partial charge in [-0.05, 0) is 0 Å². The molecule has 4 saturated heterocycles. The minimum absolute atomic E-state index is 0.750. The molecule has 4 rings (SSSR count). The van der Waals surface area contributed by atoms with Crippen molar-refractivity contribution in [1.29, 1.82) is 0 Å². The lowest BCUT2D eigenvalue weighted by atomic mass is 9.94. The number of ether oxygens (including phenoxy) is 8. The molecule has 0 aromatic rings. The number of rotatable bonds is 22. The molecule has 0 spiro atoms. The summed E-state index contributed by atoms with van der Waals surface area (Å²) in [6, 6.07) is -5.09. The molecule has 24 atom stereocenters. The molecule has 0 unspecified atom stereocenters. The van der Waals surface area contributed by atoms with Crippen LogP contribution in [0.3, 0.4) is 0 Å². The molecule has 0 bridgehead atoms. The smallest absolute Gasteiger partial charge is 0.394 e. The van der Waals surface area contributed by atoms with E-state index in [4.69, 9.17) is 42.4 Å². The van der Waals surface area contributed by atoms with Crippen LogP contribution < -0.4 is 16.0 Å². The second kappa shape index (κ2) is 25.9. The minimum Gasteiger partial charge on any atom is -0.394 e. The Morgan fingerprint density at radius 1 is 0.551 bits per heavy atom. The lowest BCUT2D eigenvalue weighted by Gasteiger charge is -2.50. The van der Waals surface area contributed by atoms with E-state index in [1.807, 2.05) is 0 Å². The third-order valence-electron chi connectivity index (χ3n) is 11.4.